The molecule has 0 atom stereocenters. The zero-order valence-electron chi connectivity index (χ0n) is 8.95. The summed E-state index contributed by atoms with van der Waals surface area (Å²) in [4.78, 5) is 21.9. The van der Waals surface area contributed by atoms with Crippen LogP contribution in [0.15, 0.2) is 18.2 Å². The van der Waals surface area contributed by atoms with Crippen LogP contribution in [0.3, 0.4) is 0 Å². The lowest BCUT2D eigenvalue weighted by atomic mass is 9.92. The molecule has 4 N–H and O–H groups in total. The molecule has 0 unspecified atom stereocenters. The van der Waals surface area contributed by atoms with Gasteiger partial charge < -0.3 is 11.5 Å². The van der Waals surface area contributed by atoms with Gasteiger partial charge in [0, 0.05) is 18.8 Å². The van der Waals surface area contributed by atoms with Crippen molar-refractivity contribution < 1.29 is 9.59 Å². The van der Waals surface area contributed by atoms with Gasteiger partial charge in [0.05, 0.1) is 10.0 Å². The summed E-state index contributed by atoms with van der Waals surface area (Å²) < 4.78 is 0. The summed E-state index contributed by atoms with van der Waals surface area (Å²) in [7, 11) is 0. The van der Waals surface area contributed by atoms with Gasteiger partial charge in [-0.05, 0) is 11.6 Å². The van der Waals surface area contributed by atoms with Gasteiger partial charge in [-0.2, -0.15) is 0 Å². The SMILES string of the molecule is NC(=O)CC(CC(N)=O)c1cccc(Cl)c1Cl. The van der Waals surface area contributed by atoms with Crippen LogP contribution < -0.4 is 11.5 Å². The van der Waals surface area contributed by atoms with E-state index in [9.17, 15) is 9.59 Å². The molecule has 4 nitrogen and oxygen atoms in total. The summed E-state index contributed by atoms with van der Waals surface area (Å²) in [5, 5.41) is 0.685. The Balaban J connectivity index is 3.07. The van der Waals surface area contributed by atoms with Crippen LogP contribution in [0, 0.1) is 0 Å². The van der Waals surface area contributed by atoms with E-state index >= 15 is 0 Å². The van der Waals surface area contributed by atoms with Crippen LogP contribution in [0.2, 0.25) is 10.0 Å². The van der Waals surface area contributed by atoms with Crippen molar-refractivity contribution in [2.45, 2.75) is 18.8 Å². The van der Waals surface area contributed by atoms with Gasteiger partial charge in [0.15, 0.2) is 0 Å². The number of hydrogen-bond acceptors (Lipinski definition) is 2. The van der Waals surface area contributed by atoms with Crippen LogP contribution in [0.1, 0.15) is 24.3 Å². The third kappa shape index (κ3) is 3.91. The summed E-state index contributed by atoms with van der Waals surface area (Å²) in [5.41, 5.74) is 10.9. The number of nitrogens with two attached hydrogens (primary N) is 2. The zero-order chi connectivity index (χ0) is 13.0. The van der Waals surface area contributed by atoms with Crippen LogP contribution in [-0.4, -0.2) is 11.8 Å². The molecular weight excluding hydrogens is 263 g/mol. The molecule has 1 aromatic rings. The lowest BCUT2D eigenvalue weighted by Crippen LogP contribution is -2.21. The molecule has 0 bridgehead atoms. The number of primary amides is 2. The van der Waals surface area contributed by atoms with Crippen molar-refractivity contribution in [3.05, 3.63) is 33.8 Å². The number of benzene rings is 1. The molecule has 0 aliphatic heterocycles. The number of carbonyl (C=O) groups excluding carboxylic acids is 2. The normalized spacial score (nSPS) is 10.5. The monoisotopic (exact) mass is 274 g/mol. The Morgan fingerprint density at radius 3 is 2.12 bits per heavy atom. The summed E-state index contributed by atoms with van der Waals surface area (Å²) >= 11 is 11.9. The third-order valence-corrected chi connectivity index (χ3v) is 3.15. The van der Waals surface area contributed by atoms with Crippen molar-refractivity contribution in [1.82, 2.24) is 0 Å². The summed E-state index contributed by atoms with van der Waals surface area (Å²) in [6, 6.07) is 5.02. The van der Waals surface area contributed by atoms with Crippen molar-refractivity contribution in [1.29, 1.82) is 0 Å². The maximum absolute atomic E-state index is 11.0. The van der Waals surface area contributed by atoms with E-state index < -0.39 is 17.7 Å². The van der Waals surface area contributed by atoms with Gasteiger partial charge in [-0.15, -0.1) is 0 Å². The van der Waals surface area contributed by atoms with Gasteiger partial charge in [0.25, 0.3) is 0 Å². The molecule has 0 radical (unpaired) electrons. The summed E-state index contributed by atoms with van der Waals surface area (Å²) in [6.07, 6.45) is 0.00596. The van der Waals surface area contributed by atoms with Crippen LogP contribution in [0.25, 0.3) is 0 Å². The van der Waals surface area contributed by atoms with Gasteiger partial charge >= 0.3 is 0 Å². The molecule has 0 aromatic heterocycles. The molecular formula is C11H12Cl2N2O2. The maximum Gasteiger partial charge on any atom is 0.218 e. The highest BCUT2D eigenvalue weighted by Gasteiger charge is 2.20. The lowest BCUT2D eigenvalue weighted by molar-refractivity contribution is -0.119. The van der Waals surface area contributed by atoms with Gasteiger partial charge in [-0.1, -0.05) is 35.3 Å². The maximum atomic E-state index is 11.0. The minimum atomic E-state index is -0.521. The van der Waals surface area contributed by atoms with Gasteiger partial charge in [0.1, 0.15) is 0 Å². The van der Waals surface area contributed by atoms with E-state index in [4.69, 9.17) is 34.7 Å². The van der Waals surface area contributed by atoms with Crippen LogP contribution >= 0.6 is 23.2 Å². The molecule has 0 saturated carbocycles. The van der Waals surface area contributed by atoms with Gasteiger partial charge in [-0.25, -0.2) is 0 Å². The molecule has 0 heterocycles. The Kier molecular flexibility index (Phi) is 4.78. The zero-order valence-corrected chi connectivity index (χ0v) is 10.5. The standard InChI is InChI=1S/C11H12Cl2N2O2/c12-8-3-1-2-7(11(8)13)6(4-9(14)16)5-10(15)17/h1-3,6H,4-5H2,(H2,14,16)(H2,15,17). The molecule has 1 aromatic carbocycles. The van der Waals surface area contributed by atoms with E-state index in [1.165, 1.54) is 0 Å². The highest BCUT2D eigenvalue weighted by atomic mass is 35.5. The van der Waals surface area contributed by atoms with E-state index in [1.807, 2.05) is 0 Å². The molecule has 92 valence electrons. The van der Waals surface area contributed by atoms with Crippen LogP contribution in [0.5, 0.6) is 0 Å². The number of hydrogen-bond donors (Lipinski definition) is 2. The molecule has 1 rings (SSSR count). The Bertz CT molecular complexity index is 433. The van der Waals surface area contributed by atoms with E-state index in [-0.39, 0.29) is 12.8 Å². The second kappa shape index (κ2) is 5.89. The molecule has 0 saturated heterocycles. The first-order valence-electron chi connectivity index (χ1n) is 4.92. The molecule has 2 amide bonds. The predicted octanol–water partition coefficient (Wildman–Crippen LogP) is 1.83. The quantitative estimate of drug-likeness (QED) is 0.858. The molecule has 6 heteroatoms. The largest absolute Gasteiger partial charge is 0.370 e. The highest BCUT2D eigenvalue weighted by molar-refractivity contribution is 6.42. The van der Waals surface area contributed by atoms with Crippen molar-refractivity contribution in [3.8, 4) is 0 Å². The Hall–Kier alpha value is -1.26. The summed E-state index contributed by atoms with van der Waals surface area (Å²) in [6.45, 7) is 0. The molecule has 0 aliphatic carbocycles. The first-order valence-corrected chi connectivity index (χ1v) is 5.68. The summed E-state index contributed by atoms with van der Waals surface area (Å²) in [5.74, 6) is -1.48. The van der Waals surface area contributed by atoms with Crippen molar-refractivity contribution in [2.75, 3.05) is 0 Å². The fraction of sp³-hybridized carbons (Fsp3) is 0.273. The topological polar surface area (TPSA) is 86.2 Å². The molecule has 0 aliphatic rings. The molecule has 0 fully saturated rings. The molecule has 0 spiro atoms. The number of rotatable bonds is 5. The predicted molar refractivity (Wildman–Crippen MR) is 66.8 cm³/mol. The fourth-order valence-corrected chi connectivity index (χ4v) is 2.08. The minimum absolute atomic E-state index is 0.00298. The average molecular weight is 275 g/mol. The van der Waals surface area contributed by atoms with Crippen LogP contribution in [0.4, 0.5) is 0 Å². The minimum Gasteiger partial charge on any atom is -0.370 e. The smallest absolute Gasteiger partial charge is 0.218 e. The van der Waals surface area contributed by atoms with E-state index in [1.54, 1.807) is 18.2 Å². The Labute approximate surface area is 109 Å². The van der Waals surface area contributed by atoms with Crippen LogP contribution in [-0.2, 0) is 9.59 Å². The van der Waals surface area contributed by atoms with E-state index in [0.717, 1.165) is 0 Å². The lowest BCUT2D eigenvalue weighted by Gasteiger charge is -2.16. The van der Waals surface area contributed by atoms with Crippen molar-refractivity contribution in [3.63, 3.8) is 0 Å². The van der Waals surface area contributed by atoms with Gasteiger partial charge in [0.2, 0.25) is 11.8 Å². The van der Waals surface area contributed by atoms with E-state index in [0.29, 0.717) is 15.6 Å². The van der Waals surface area contributed by atoms with Crippen molar-refractivity contribution in [2.24, 2.45) is 11.5 Å². The second-order valence-electron chi connectivity index (χ2n) is 3.68. The first kappa shape index (κ1) is 13.8. The van der Waals surface area contributed by atoms with Crippen molar-refractivity contribution >= 4 is 35.0 Å². The van der Waals surface area contributed by atoms with E-state index in [2.05, 4.69) is 0 Å². The highest BCUT2D eigenvalue weighted by Crippen LogP contribution is 2.34. The number of halogens is 2. The fourth-order valence-electron chi connectivity index (χ4n) is 1.61. The second-order valence-corrected chi connectivity index (χ2v) is 4.47. The molecule has 17 heavy (non-hydrogen) atoms. The number of amides is 2. The first-order chi connectivity index (χ1) is 7.91. The Morgan fingerprint density at radius 2 is 1.65 bits per heavy atom. The third-order valence-electron chi connectivity index (χ3n) is 2.32. The Morgan fingerprint density at radius 1 is 1.12 bits per heavy atom. The number of carbonyl (C=O) groups is 2. The average Bonchev–Trinajstić information content (AvgIpc) is 2.19. The van der Waals surface area contributed by atoms with Gasteiger partial charge in [-0.3, -0.25) is 9.59 Å².